The molecule has 2 nitrogen and oxygen atoms in total. The van der Waals surface area contributed by atoms with Gasteiger partial charge in [0.05, 0.1) is 4.47 Å². The van der Waals surface area contributed by atoms with Crippen molar-refractivity contribution >= 4 is 26.9 Å². The largest absolute Gasteiger partial charge is 0.457 e. The van der Waals surface area contributed by atoms with Crippen molar-refractivity contribution < 1.29 is 9.52 Å². The molecule has 1 N–H and O–H groups in total. The molecule has 14 heavy (non-hydrogen) atoms. The molecule has 0 fully saturated rings. The zero-order valence-corrected chi connectivity index (χ0v) is 9.63. The van der Waals surface area contributed by atoms with Gasteiger partial charge < -0.3 is 9.52 Å². The van der Waals surface area contributed by atoms with E-state index in [4.69, 9.17) is 4.42 Å². The third-order valence-corrected chi connectivity index (χ3v) is 2.74. The van der Waals surface area contributed by atoms with E-state index < -0.39 is 6.10 Å². The van der Waals surface area contributed by atoms with Gasteiger partial charge in [-0.25, -0.2) is 0 Å². The lowest BCUT2D eigenvalue weighted by molar-refractivity contribution is 0.172. The molecule has 0 saturated heterocycles. The first-order valence-corrected chi connectivity index (χ1v) is 5.25. The van der Waals surface area contributed by atoms with E-state index >= 15 is 0 Å². The second kappa shape index (κ2) is 3.41. The molecule has 0 saturated carbocycles. The standard InChI is InChI=1S/C11H11BrO2/c1-6-3-8-5-10(7(2)13)14-11(8)9(12)4-6/h3-5,7,13H,1-2H3. The molecule has 0 spiro atoms. The van der Waals surface area contributed by atoms with E-state index in [-0.39, 0.29) is 0 Å². The van der Waals surface area contributed by atoms with E-state index in [9.17, 15) is 5.11 Å². The number of rotatable bonds is 1. The summed E-state index contributed by atoms with van der Waals surface area (Å²) in [5.74, 6) is 0.603. The SMILES string of the molecule is Cc1cc(Br)c2oc(C(C)O)cc2c1. The van der Waals surface area contributed by atoms with Crippen LogP contribution >= 0.6 is 15.9 Å². The first kappa shape index (κ1) is 9.74. The maximum atomic E-state index is 9.38. The van der Waals surface area contributed by atoms with Crippen molar-refractivity contribution in [3.63, 3.8) is 0 Å². The predicted octanol–water partition coefficient (Wildman–Crippen LogP) is 3.56. The first-order chi connectivity index (χ1) is 6.58. The van der Waals surface area contributed by atoms with Crippen molar-refractivity contribution in [1.29, 1.82) is 0 Å². The number of aliphatic hydroxyl groups excluding tert-OH is 1. The van der Waals surface area contributed by atoms with Gasteiger partial charge in [0.1, 0.15) is 17.4 Å². The lowest BCUT2D eigenvalue weighted by Crippen LogP contribution is -1.85. The molecule has 1 unspecified atom stereocenters. The van der Waals surface area contributed by atoms with E-state index in [1.54, 1.807) is 6.92 Å². The molecule has 0 radical (unpaired) electrons. The highest BCUT2D eigenvalue weighted by atomic mass is 79.9. The van der Waals surface area contributed by atoms with Crippen LogP contribution < -0.4 is 0 Å². The third-order valence-electron chi connectivity index (χ3n) is 2.15. The molecule has 74 valence electrons. The minimum Gasteiger partial charge on any atom is -0.457 e. The van der Waals surface area contributed by atoms with Crippen LogP contribution in [-0.2, 0) is 0 Å². The van der Waals surface area contributed by atoms with Crippen LogP contribution in [0.4, 0.5) is 0 Å². The van der Waals surface area contributed by atoms with Crippen LogP contribution in [-0.4, -0.2) is 5.11 Å². The zero-order valence-electron chi connectivity index (χ0n) is 8.04. The number of benzene rings is 1. The smallest absolute Gasteiger partial charge is 0.148 e. The van der Waals surface area contributed by atoms with Crippen molar-refractivity contribution in [2.45, 2.75) is 20.0 Å². The van der Waals surface area contributed by atoms with Gasteiger partial charge in [0.15, 0.2) is 0 Å². The zero-order chi connectivity index (χ0) is 10.3. The molecule has 0 aliphatic heterocycles. The fraction of sp³-hybridized carbons (Fsp3) is 0.273. The van der Waals surface area contributed by atoms with Crippen LogP contribution in [0.15, 0.2) is 27.1 Å². The molecule has 1 atom stereocenters. The molecule has 0 bridgehead atoms. The number of hydrogen-bond acceptors (Lipinski definition) is 2. The van der Waals surface area contributed by atoms with Gasteiger partial charge in [-0.2, -0.15) is 0 Å². The lowest BCUT2D eigenvalue weighted by Gasteiger charge is -1.96. The van der Waals surface area contributed by atoms with Gasteiger partial charge in [-0.05, 0) is 53.5 Å². The Morgan fingerprint density at radius 2 is 2.07 bits per heavy atom. The highest BCUT2D eigenvalue weighted by Gasteiger charge is 2.10. The Labute approximate surface area is 90.7 Å². The van der Waals surface area contributed by atoms with E-state index in [1.165, 1.54) is 5.56 Å². The summed E-state index contributed by atoms with van der Waals surface area (Å²) >= 11 is 3.43. The number of hydrogen-bond donors (Lipinski definition) is 1. The van der Waals surface area contributed by atoms with Gasteiger partial charge in [-0.1, -0.05) is 0 Å². The fourth-order valence-electron chi connectivity index (χ4n) is 1.48. The molecule has 3 heteroatoms. The Hall–Kier alpha value is -0.800. The fourth-order valence-corrected chi connectivity index (χ4v) is 2.15. The number of furan rings is 1. The molecule has 1 aromatic carbocycles. The van der Waals surface area contributed by atoms with Crippen LogP contribution in [0, 0.1) is 6.92 Å². The second-order valence-corrected chi connectivity index (χ2v) is 4.34. The van der Waals surface area contributed by atoms with E-state index in [2.05, 4.69) is 15.9 Å². The number of aryl methyl sites for hydroxylation is 1. The Morgan fingerprint density at radius 3 is 2.71 bits per heavy atom. The van der Waals surface area contributed by atoms with Gasteiger partial charge in [0, 0.05) is 5.39 Å². The lowest BCUT2D eigenvalue weighted by atomic mass is 10.2. The quantitative estimate of drug-likeness (QED) is 0.845. The Kier molecular flexibility index (Phi) is 2.37. The van der Waals surface area contributed by atoms with Gasteiger partial charge in [0.2, 0.25) is 0 Å². The number of fused-ring (bicyclic) bond motifs is 1. The maximum Gasteiger partial charge on any atom is 0.148 e. The summed E-state index contributed by atoms with van der Waals surface area (Å²) in [4.78, 5) is 0. The highest BCUT2D eigenvalue weighted by Crippen LogP contribution is 2.30. The second-order valence-electron chi connectivity index (χ2n) is 3.49. The molecule has 2 rings (SSSR count). The van der Waals surface area contributed by atoms with Crippen LogP contribution in [0.25, 0.3) is 11.0 Å². The molecular weight excluding hydrogens is 244 g/mol. The summed E-state index contributed by atoms with van der Waals surface area (Å²) in [6, 6.07) is 5.91. The molecule has 0 aliphatic rings. The summed E-state index contributed by atoms with van der Waals surface area (Å²) in [5, 5.41) is 10.4. The average molecular weight is 255 g/mol. The minimum absolute atomic E-state index is 0.561. The van der Waals surface area contributed by atoms with Gasteiger partial charge in [-0.15, -0.1) is 0 Å². The number of halogens is 1. The summed E-state index contributed by atoms with van der Waals surface area (Å²) in [5.41, 5.74) is 1.97. The Morgan fingerprint density at radius 1 is 1.36 bits per heavy atom. The topological polar surface area (TPSA) is 33.4 Å². The molecule has 1 aromatic heterocycles. The summed E-state index contributed by atoms with van der Waals surface area (Å²) < 4.78 is 6.45. The van der Waals surface area contributed by atoms with Gasteiger partial charge in [0.25, 0.3) is 0 Å². The van der Waals surface area contributed by atoms with Crippen LogP contribution in [0.5, 0.6) is 0 Å². The van der Waals surface area contributed by atoms with Crippen molar-refractivity contribution in [2.24, 2.45) is 0 Å². The van der Waals surface area contributed by atoms with Crippen molar-refractivity contribution in [3.8, 4) is 0 Å². The van der Waals surface area contributed by atoms with E-state index in [1.807, 2.05) is 25.1 Å². The summed E-state index contributed by atoms with van der Waals surface area (Å²) in [7, 11) is 0. The van der Waals surface area contributed by atoms with E-state index in [0.717, 1.165) is 15.4 Å². The van der Waals surface area contributed by atoms with Gasteiger partial charge >= 0.3 is 0 Å². The van der Waals surface area contributed by atoms with Crippen molar-refractivity contribution in [1.82, 2.24) is 0 Å². The monoisotopic (exact) mass is 254 g/mol. The molecule has 2 aromatic rings. The van der Waals surface area contributed by atoms with Crippen LogP contribution in [0.3, 0.4) is 0 Å². The van der Waals surface area contributed by atoms with Gasteiger partial charge in [-0.3, -0.25) is 0 Å². The van der Waals surface area contributed by atoms with Crippen LogP contribution in [0.1, 0.15) is 24.4 Å². The molecule has 1 heterocycles. The van der Waals surface area contributed by atoms with Crippen molar-refractivity contribution in [3.05, 3.63) is 34.0 Å². The van der Waals surface area contributed by atoms with E-state index in [0.29, 0.717) is 5.76 Å². The third kappa shape index (κ3) is 1.57. The Balaban J connectivity index is 2.70. The maximum absolute atomic E-state index is 9.38. The van der Waals surface area contributed by atoms with Crippen molar-refractivity contribution in [2.75, 3.05) is 0 Å². The number of aliphatic hydroxyl groups is 1. The highest BCUT2D eigenvalue weighted by molar-refractivity contribution is 9.10. The Bertz CT molecular complexity index is 471. The minimum atomic E-state index is -0.561. The predicted molar refractivity (Wildman–Crippen MR) is 59.3 cm³/mol. The summed E-state index contributed by atoms with van der Waals surface area (Å²) in [6.07, 6.45) is -0.561. The van der Waals surface area contributed by atoms with Crippen LogP contribution in [0.2, 0.25) is 0 Å². The summed E-state index contributed by atoms with van der Waals surface area (Å²) in [6.45, 7) is 3.72. The molecule has 0 amide bonds. The first-order valence-electron chi connectivity index (χ1n) is 4.45. The average Bonchev–Trinajstić information content (AvgIpc) is 2.47. The normalized spacial score (nSPS) is 13.4. The molecule has 0 aliphatic carbocycles. The molecular formula is C11H11BrO2.